The third-order valence-electron chi connectivity index (χ3n) is 3.48. The summed E-state index contributed by atoms with van der Waals surface area (Å²) in [5, 5.41) is 10.1. The number of aromatic hydroxyl groups is 1. The largest absolute Gasteiger partial charge is 0.492 e. The molecule has 5 heteroatoms. The van der Waals surface area contributed by atoms with Crippen LogP contribution in [0.5, 0.6) is 5.88 Å². The van der Waals surface area contributed by atoms with Crippen molar-refractivity contribution >= 4 is 23.7 Å². The predicted octanol–water partition coefficient (Wildman–Crippen LogP) is 3.43. The molecule has 0 spiro atoms. The molecule has 0 saturated heterocycles. The van der Waals surface area contributed by atoms with E-state index in [1.54, 1.807) is 12.4 Å². The van der Waals surface area contributed by atoms with Gasteiger partial charge in [0.2, 0.25) is 5.88 Å². The SMILES string of the molecule is Oc1nc(-c2ccccc2)[nH]c1/C=C1/C=Nc2ncccc21. The van der Waals surface area contributed by atoms with E-state index in [1.807, 2.05) is 48.5 Å². The molecular weight excluding hydrogens is 276 g/mol. The van der Waals surface area contributed by atoms with Crippen molar-refractivity contribution in [1.29, 1.82) is 0 Å². The number of benzene rings is 1. The average molecular weight is 288 g/mol. The number of aromatic amines is 1. The maximum absolute atomic E-state index is 10.1. The van der Waals surface area contributed by atoms with E-state index in [4.69, 9.17) is 0 Å². The van der Waals surface area contributed by atoms with Crippen LogP contribution in [0.4, 0.5) is 5.82 Å². The van der Waals surface area contributed by atoms with E-state index < -0.39 is 0 Å². The number of H-pyrrole nitrogens is 1. The minimum Gasteiger partial charge on any atom is -0.492 e. The molecule has 22 heavy (non-hydrogen) atoms. The summed E-state index contributed by atoms with van der Waals surface area (Å²) < 4.78 is 0. The molecule has 1 aromatic carbocycles. The molecule has 0 amide bonds. The first-order valence-electron chi connectivity index (χ1n) is 6.87. The van der Waals surface area contributed by atoms with Crippen LogP contribution in [0.1, 0.15) is 11.3 Å². The van der Waals surface area contributed by atoms with E-state index in [0.29, 0.717) is 17.3 Å². The molecule has 106 valence electrons. The zero-order valence-electron chi connectivity index (χ0n) is 11.6. The Morgan fingerprint density at radius 3 is 2.77 bits per heavy atom. The average Bonchev–Trinajstić information content (AvgIpc) is 3.13. The molecule has 2 N–H and O–H groups in total. The highest BCUT2D eigenvalue weighted by atomic mass is 16.3. The fourth-order valence-corrected chi connectivity index (χ4v) is 2.41. The normalized spacial score (nSPS) is 14.5. The van der Waals surface area contributed by atoms with Gasteiger partial charge >= 0.3 is 0 Å². The first kappa shape index (κ1) is 12.5. The number of rotatable bonds is 2. The molecule has 1 aliphatic rings. The van der Waals surface area contributed by atoms with Crippen LogP contribution in [0.3, 0.4) is 0 Å². The molecule has 4 rings (SSSR count). The highest BCUT2D eigenvalue weighted by Crippen LogP contribution is 2.32. The first-order valence-corrected chi connectivity index (χ1v) is 6.87. The molecule has 3 heterocycles. The number of pyridine rings is 1. The lowest BCUT2D eigenvalue weighted by molar-refractivity contribution is 0.455. The van der Waals surface area contributed by atoms with Crippen molar-refractivity contribution in [2.75, 3.05) is 0 Å². The molecule has 0 saturated carbocycles. The lowest BCUT2D eigenvalue weighted by Crippen LogP contribution is -1.83. The van der Waals surface area contributed by atoms with E-state index in [1.165, 1.54) is 0 Å². The summed E-state index contributed by atoms with van der Waals surface area (Å²) in [5.74, 6) is 1.29. The third-order valence-corrected chi connectivity index (χ3v) is 3.48. The molecule has 0 radical (unpaired) electrons. The van der Waals surface area contributed by atoms with Crippen molar-refractivity contribution < 1.29 is 5.11 Å². The monoisotopic (exact) mass is 288 g/mol. The van der Waals surface area contributed by atoms with Gasteiger partial charge in [-0.05, 0) is 18.2 Å². The number of nitrogens with one attached hydrogen (secondary N) is 1. The fraction of sp³-hybridized carbons (Fsp3) is 0. The van der Waals surface area contributed by atoms with Gasteiger partial charge in [-0.15, -0.1) is 0 Å². The van der Waals surface area contributed by atoms with E-state index in [9.17, 15) is 5.11 Å². The van der Waals surface area contributed by atoms with Gasteiger partial charge in [0.1, 0.15) is 11.5 Å². The fourth-order valence-electron chi connectivity index (χ4n) is 2.41. The standard InChI is InChI=1S/C17H12N4O/c22-17-14(20-15(21-17)11-5-2-1-3-6-11)9-12-10-19-16-13(12)7-4-8-18-16/h1-10,22H,(H,20,21)/b12-9-. The van der Waals surface area contributed by atoms with Crippen molar-refractivity contribution in [2.24, 2.45) is 4.99 Å². The Balaban J connectivity index is 1.75. The molecule has 0 unspecified atom stereocenters. The van der Waals surface area contributed by atoms with Crippen LogP contribution in [0.25, 0.3) is 23.0 Å². The number of imidazole rings is 1. The minimum absolute atomic E-state index is 0.0305. The maximum Gasteiger partial charge on any atom is 0.237 e. The summed E-state index contributed by atoms with van der Waals surface area (Å²) in [6.45, 7) is 0. The topological polar surface area (TPSA) is 74.2 Å². The van der Waals surface area contributed by atoms with Gasteiger partial charge in [-0.25, -0.2) is 9.98 Å². The molecule has 0 fully saturated rings. The van der Waals surface area contributed by atoms with E-state index in [2.05, 4.69) is 19.9 Å². The lowest BCUT2D eigenvalue weighted by atomic mass is 10.1. The number of fused-ring (bicyclic) bond motifs is 1. The van der Waals surface area contributed by atoms with Crippen molar-refractivity contribution in [3.05, 3.63) is 59.9 Å². The van der Waals surface area contributed by atoms with Crippen molar-refractivity contribution in [1.82, 2.24) is 15.0 Å². The Bertz CT molecular complexity index is 894. The summed E-state index contributed by atoms with van der Waals surface area (Å²) in [6.07, 6.45) is 5.27. The van der Waals surface area contributed by atoms with Gasteiger partial charge in [0, 0.05) is 29.1 Å². The second-order valence-electron chi connectivity index (χ2n) is 4.92. The molecular formula is C17H12N4O. The highest BCUT2D eigenvalue weighted by molar-refractivity contribution is 6.20. The van der Waals surface area contributed by atoms with Crippen molar-refractivity contribution in [3.63, 3.8) is 0 Å². The van der Waals surface area contributed by atoms with Gasteiger partial charge in [0.05, 0.1) is 0 Å². The van der Waals surface area contributed by atoms with Crippen LogP contribution in [0, 0.1) is 0 Å². The van der Waals surface area contributed by atoms with Crippen molar-refractivity contribution in [2.45, 2.75) is 0 Å². The Morgan fingerprint density at radius 1 is 1.05 bits per heavy atom. The number of hydrogen-bond donors (Lipinski definition) is 2. The lowest BCUT2D eigenvalue weighted by Gasteiger charge is -1.97. The van der Waals surface area contributed by atoms with Crippen molar-refractivity contribution in [3.8, 4) is 17.3 Å². The smallest absolute Gasteiger partial charge is 0.237 e. The van der Waals surface area contributed by atoms with Crippen LogP contribution in [-0.4, -0.2) is 26.3 Å². The number of nitrogens with zero attached hydrogens (tertiary/aromatic N) is 3. The van der Waals surface area contributed by atoms with Gasteiger partial charge in [-0.1, -0.05) is 30.3 Å². The van der Waals surface area contributed by atoms with Gasteiger partial charge in [0.15, 0.2) is 5.82 Å². The van der Waals surface area contributed by atoms with Crippen LogP contribution in [0.15, 0.2) is 53.7 Å². The molecule has 0 bridgehead atoms. The second kappa shape index (κ2) is 4.96. The van der Waals surface area contributed by atoms with Gasteiger partial charge in [-0.3, -0.25) is 0 Å². The Kier molecular flexibility index (Phi) is 2.83. The zero-order chi connectivity index (χ0) is 14.9. The van der Waals surface area contributed by atoms with Gasteiger partial charge < -0.3 is 10.1 Å². The van der Waals surface area contributed by atoms with E-state index >= 15 is 0 Å². The Morgan fingerprint density at radius 2 is 1.91 bits per heavy atom. The molecule has 1 aliphatic heterocycles. The summed E-state index contributed by atoms with van der Waals surface area (Å²) in [5.41, 5.74) is 3.31. The molecule has 0 aliphatic carbocycles. The summed E-state index contributed by atoms with van der Waals surface area (Å²) in [7, 11) is 0. The van der Waals surface area contributed by atoms with Crippen LogP contribution in [-0.2, 0) is 0 Å². The zero-order valence-corrected chi connectivity index (χ0v) is 11.6. The third kappa shape index (κ3) is 2.09. The quantitative estimate of drug-likeness (QED) is 0.758. The Hall–Kier alpha value is -3.21. The number of aliphatic imine (C=N–C) groups is 1. The Labute approximate surface area is 126 Å². The molecule has 0 atom stereocenters. The number of aromatic nitrogens is 3. The molecule has 5 nitrogen and oxygen atoms in total. The highest BCUT2D eigenvalue weighted by Gasteiger charge is 2.15. The second-order valence-corrected chi connectivity index (χ2v) is 4.92. The first-order chi connectivity index (χ1) is 10.8. The van der Waals surface area contributed by atoms with E-state index in [0.717, 1.165) is 16.7 Å². The number of hydrogen-bond acceptors (Lipinski definition) is 4. The van der Waals surface area contributed by atoms with E-state index in [-0.39, 0.29) is 5.88 Å². The van der Waals surface area contributed by atoms with Crippen LogP contribution in [0.2, 0.25) is 0 Å². The maximum atomic E-state index is 10.1. The van der Waals surface area contributed by atoms with Crippen LogP contribution >= 0.6 is 0 Å². The summed E-state index contributed by atoms with van der Waals surface area (Å²) in [6, 6.07) is 13.5. The number of allylic oxidation sites excluding steroid dienone is 1. The van der Waals surface area contributed by atoms with Gasteiger partial charge in [0.25, 0.3) is 0 Å². The minimum atomic E-state index is -0.0305. The molecule has 3 aromatic rings. The van der Waals surface area contributed by atoms with Gasteiger partial charge in [-0.2, -0.15) is 4.98 Å². The molecule has 2 aromatic heterocycles. The summed E-state index contributed by atoms with van der Waals surface area (Å²) in [4.78, 5) is 15.8. The van der Waals surface area contributed by atoms with Crippen LogP contribution < -0.4 is 0 Å². The summed E-state index contributed by atoms with van der Waals surface area (Å²) >= 11 is 0. The predicted molar refractivity (Wildman–Crippen MR) is 85.9 cm³/mol.